The van der Waals surface area contributed by atoms with Crippen molar-refractivity contribution in [1.29, 1.82) is 0 Å². The molecule has 1 heterocycles. The van der Waals surface area contributed by atoms with E-state index in [0.717, 1.165) is 0 Å². The molecule has 6 unspecified atom stereocenters. The minimum Gasteiger partial charge on any atom is -0.507 e. The fourth-order valence-corrected chi connectivity index (χ4v) is 6.92. The Kier molecular flexibility index (Phi) is 6.93. The number of rotatable bonds is 2. The highest BCUT2D eigenvalue weighted by atomic mass is 16.3. The van der Waals surface area contributed by atoms with Gasteiger partial charge in [0.15, 0.2) is 23.1 Å². The summed E-state index contributed by atoms with van der Waals surface area (Å²) in [5.41, 5.74) is -2.57. The number of allylic oxidation sites excluding steroid dienone is 4. The van der Waals surface area contributed by atoms with Gasteiger partial charge in [-0.3, -0.25) is 24.0 Å². The molecule has 1 aliphatic heterocycles. The second-order valence-corrected chi connectivity index (χ2v) is 12.3. The van der Waals surface area contributed by atoms with E-state index in [0.29, 0.717) is 12.0 Å². The zero-order valence-electron chi connectivity index (χ0n) is 23.8. The number of nitrogens with one attached hydrogen (secondary N) is 1. The predicted octanol–water partition coefficient (Wildman–Crippen LogP) is 3.53. The molecule has 0 aromatic heterocycles. The van der Waals surface area contributed by atoms with Crippen molar-refractivity contribution >= 4 is 29.0 Å². The van der Waals surface area contributed by atoms with Crippen LogP contribution >= 0.6 is 0 Å². The third-order valence-corrected chi connectivity index (χ3v) is 9.17. The van der Waals surface area contributed by atoms with E-state index in [9.17, 15) is 39.3 Å². The number of hydrogen-bond donors (Lipinski definition) is 4. The summed E-state index contributed by atoms with van der Waals surface area (Å²) in [5.74, 6) is -7.64. The molecule has 41 heavy (non-hydrogen) atoms. The Labute approximate surface area is 238 Å². The van der Waals surface area contributed by atoms with Gasteiger partial charge in [0.2, 0.25) is 5.91 Å². The normalized spacial score (nSPS) is 31.5. The second-order valence-electron chi connectivity index (χ2n) is 12.3. The van der Waals surface area contributed by atoms with Crippen LogP contribution in [0.1, 0.15) is 83.6 Å². The Morgan fingerprint density at radius 1 is 0.976 bits per heavy atom. The third kappa shape index (κ3) is 4.12. The smallest absolute Gasteiger partial charge is 0.221 e. The van der Waals surface area contributed by atoms with Crippen LogP contribution in [0.3, 0.4) is 0 Å². The van der Waals surface area contributed by atoms with Gasteiger partial charge in [0.25, 0.3) is 0 Å². The van der Waals surface area contributed by atoms with E-state index in [1.165, 1.54) is 19.9 Å². The lowest BCUT2D eigenvalue weighted by Gasteiger charge is -2.47. The zero-order valence-corrected chi connectivity index (χ0v) is 23.8. The summed E-state index contributed by atoms with van der Waals surface area (Å²) >= 11 is 0. The number of phenolic OH excluding ortho intramolecular Hbond substituents is 2. The lowest BCUT2D eigenvalue weighted by molar-refractivity contribution is -0.122. The van der Waals surface area contributed by atoms with Crippen molar-refractivity contribution in [3.05, 3.63) is 57.7 Å². The van der Waals surface area contributed by atoms with Gasteiger partial charge in [0.1, 0.15) is 17.0 Å². The molecule has 6 atom stereocenters. The van der Waals surface area contributed by atoms with Gasteiger partial charge in [-0.25, -0.2) is 0 Å². The first-order chi connectivity index (χ1) is 19.2. The van der Waals surface area contributed by atoms with Gasteiger partial charge in [0, 0.05) is 35.3 Å². The van der Waals surface area contributed by atoms with E-state index in [1.54, 1.807) is 25.2 Å². The summed E-state index contributed by atoms with van der Waals surface area (Å²) in [6, 6.07) is 0. The lowest BCUT2D eigenvalue weighted by Crippen LogP contribution is -2.65. The number of aliphatic hydroxyl groups is 1. The number of phenols is 2. The maximum atomic E-state index is 14.6. The first-order valence-corrected chi connectivity index (χ1v) is 14.0. The number of carbonyl (C=O) groups excluding carboxylic acids is 5. The quantitative estimate of drug-likeness (QED) is 0.399. The zero-order chi connectivity index (χ0) is 30.1. The van der Waals surface area contributed by atoms with Crippen LogP contribution in [0.4, 0.5) is 0 Å². The van der Waals surface area contributed by atoms with Crippen LogP contribution in [0, 0.1) is 36.5 Å². The minimum absolute atomic E-state index is 0.0326. The molecule has 1 aromatic rings. The molecule has 1 saturated heterocycles. The number of aliphatic hydroxyl groups excluding tert-OH is 1. The molecule has 0 saturated carbocycles. The van der Waals surface area contributed by atoms with Crippen LogP contribution in [0.15, 0.2) is 35.5 Å². The molecule has 0 radical (unpaired) electrons. The number of aromatic hydroxyl groups is 2. The minimum atomic E-state index is -1.74. The molecule has 1 spiro atoms. The van der Waals surface area contributed by atoms with Crippen molar-refractivity contribution < 1.29 is 39.3 Å². The molecular formula is C32H35NO8. The maximum absolute atomic E-state index is 14.6. The van der Waals surface area contributed by atoms with Crippen molar-refractivity contribution in [2.75, 3.05) is 0 Å². The first-order valence-electron chi connectivity index (χ1n) is 14.0. The van der Waals surface area contributed by atoms with E-state index in [1.807, 2.05) is 13.8 Å². The Morgan fingerprint density at radius 2 is 1.63 bits per heavy atom. The van der Waals surface area contributed by atoms with Crippen LogP contribution in [0.25, 0.3) is 0 Å². The van der Waals surface area contributed by atoms with E-state index in [-0.39, 0.29) is 41.2 Å². The van der Waals surface area contributed by atoms with Gasteiger partial charge >= 0.3 is 0 Å². The van der Waals surface area contributed by atoms with Crippen molar-refractivity contribution in [3.8, 4) is 11.5 Å². The van der Waals surface area contributed by atoms with Crippen molar-refractivity contribution in [1.82, 2.24) is 5.32 Å². The number of Topliss-reactive ketones (excluding diaryl/α,β-unsaturated/α-hetero) is 4. The Bertz CT molecular complexity index is 1510. The number of carbonyl (C=O) groups is 5. The Balaban J connectivity index is 1.89. The predicted molar refractivity (Wildman–Crippen MR) is 149 cm³/mol. The van der Waals surface area contributed by atoms with Crippen LogP contribution in [-0.2, 0) is 9.59 Å². The van der Waals surface area contributed by atoms with Crippen LogP contribution in [0.2, 0.25) is 0 Å². The van der Waals surface area contributed by atoms with E-state index >= 15 is 0 Å². The van der Waals surface area contributed by atoms with Crippen LogP contribution in [-0.4, -0.2) is 56.0 Å². The molecular weight excluding hydrogens is 526 g/mol. The van der Waals surface area contributed by atoms with Gasteiger partial charge in [-0.05, 0) is 43.8 Å². The molecule has 3 aliphatic carbocycles. The molecule has 4 aliphatic rings. The molecule has 216 valence electrons. The number of benzene rings is 1. The topological polar surface area (TPSA) is 158 Å². The van der Waals surface area contributed by atoms with Gasteiger partial charge in [0.05, 0.1) is 23.1 Å². The molecule has 1 aromatic carbocycles. The van der Waals surface area contributed by atoms with Gasteiger partial charge in [-0.2, -0.15) is 0 Å². The van der Waals surface area contributed by atoms with Crippen molar-refractivity contribution in [3.63, 3.8) is 0 Å². The third-order valence-electron chi connectivity index (χ3n) is 9.17. The summed E-state index contributed by atoms with van der Waals surface area (Å²) in [6.45, 7) is 8.29. The largest absolute Gasteiger partial charge is 0.507 e. The van der Waals surface area contributed by atoms with Crippen LogP contribution < -0.4 is 5.32 Å². The fraction of sp³-hybridized carbons (Fsp3) is 0.469. The first kappa shape index (κ1) is 28.7. The molecule has 5 rings (SSSR count). The summed E-state index contributed by atoms with van der Waals surface area (Å²) < 4.78 is 0. The fourth-order valence-electron chi connectivity index (χ4n) is 6.92. The molecule has 4 N–H and O–H groups in total. The standard InChI is InChI=1S/C32H35NO8/c1-13(2)10-18-11-17-7-8-19-12-21(35)33-32(19)25(17)30(40)22-23(28(38)16(5)29(39)24(22)31(32)41)26(36)14(3)6-9-20(34)15(4)27(18)37/h6-8,11,13,15,17,19-20,25,34,38-39H,9-10,12H2,1-5H3,(H,33,35). The highest BCUT2D eigenvalue weighted by Gasteiger charge is 2.65. The highest BCUT2D eigenvalue weighted by molar-refractivity contribution is 6.28. The molecule has 1 amide bonds. The number of ketones is 4. The molecule has 1 fully saturated rings. The summed E-state index contributed by atoms with van der Waals surface area (Å²) in [4.78, 5) is 69.3. The van der Waals surface area contributed by atoms with Crippen molar-refractivity contribution in [2.24, 2.45) is 29.6 Å². The van der Waals surface area contributed by atoms with E-state index < -0.39 is 81.2 Å². The van der Waals surface area contributed by atoms with Gasteiger partial charge in [-0.1, -0.05) is 45.1 Å². The molecule has 2 bridgehead atoms. The SMILES string of the molecule is CC1=CCC(O)C(C)C(=O)C(CC(C)C)=CC2C=CC3CC(=O)NC34C(=O)c3c(O)c(C)c(O)c(c3C(=O)C24)C1=O. The number of hydrogen-bond acceptors (Lipinski definition) is 8. The van der Waals surface area contributed by atoms with Crippen LogP contribution in [0.5, 0.6) is 11.5 Å². The van der Waals surface area contributed by atoms with Crippen molar-refractivity contribution in [2.45, 2.75) is 65.5 Å². The monoisotopic (exact) mass is 561 g/mol. The maximum Gasteiger partial charge on any atom is 0.221 e. The van der Waals surface area contributed by atoms with Gasteiger partial charge < -0.3 is 20.6 Å². The highest BCUT2D eigenvalue weighted by Crippen LogP contribution is 2.54. The van der Waals surface area contributed by atoms with E-state index in [2.05, 4.69) is 5.32 Å². The molecule has 9 nitrogen and oxygen atoms in total. The number of amides is 1. The van der Waals surface area contributed by atoms with E-state index in [4.69, 9.17) is 0 Å². The Hall–Kier alpha value is -3.85. The average molecular weight is 562 g/mol. The summed E-state index contributed by atoms with van der Waals surface area (Å²) in [7, 11) is 0. The Morgan fingerprint density at radius 3 is 2.29 bits per heavy atom. The second kappa shape index (κ2) is 9.91. The summed E-state index contributed by atoms with van der Waals surface area (Å²) in [5, 5.41) is 35.9. The average Bonchev–Trinajstić information content (AvgIpc) is 3.27. The molecule has 9 heteroatoms. The summed E-state index contributed by atoms with van der Waals surface area (Å²) in [6.07, 6.45) is 5.67. The lowest BCUT2D eigenvalue weighted by atomic mass is 9.56. The van der Waals surface area contributed by atoms with Gasteiger partial charge in [-0.15, -0.1) is 0 Å².